The van der Waals surface area contributed by atoms with Crippen molar-refractivity contribution in [3.8, 4) is 22.8 Å². The Morgan fingerprint density at radius 3 is 1.41 bits per heavy atom. The number of ketones is 2. The normalized spacial score (nSPS) is 17.7. The quantitative estimate of drug-likeness (QED) is 0.0220. The summed E-state index contributed by atoms with van der Waals surface area (Å²) in [5.41, 5.74) is 9.38. The van der Waals surface area contributed by atoms with Gasteiger partial charge >= 0.3 is 11.9 Å². The molecule has 21 nitrogen and oxygen atoms in total. The average molecular weight is 1280 g/mol. The number of nitrogens with one attached hydrogen (secondary N) is 2. The van der Waals surface area contributed by atoms with Crippen molar-refractivity contribution in [3.05, 3.63) is 124 Å². The molecule has 4 aromatic heterocycles. The fourth-order valence-corrected chi connectivity index (χ4v) is 12.1. The molecule has 0 fully saturated rings. The molecule has 6 N–H and O–H groups in total. The Labute approximate surface area is 532 Å². The predicted octanol–water partition coefficient (Wildman–Crippen LogP) is 7.66. The van der Waals surface area contributed by atoms with E-state index in [1.807, 2.05) is 13.8 Å². The number of carbonyl (C=O) groups is 6. The zero-order chi connectivity index (χ0) is 68.0. The number of aromatic nitrogens is 4. The summed E-state index contributed by atoms with van der Waals surface area (Å²) in [7, 11) is -1.00. The van der Waals surface area contributed by atoms with Gasteiger partial charge in [-0.1, -0.05) is 41.5 Å². The first-order valence-corrected chi connectivity index (χ1v) is 31.1. The number of esters is 2. The molecule has 8 heterocycles. The van der Waals surface area contributed by atoms with E-state index in [-0.39, 0.29) is 134 Å². The number of benzene rings is 2. The van der Waals surface area contributed by atoms with Gasteiger partial charge in [0.1, 0.15) is 49.9 Å². The molecule has 10 rings (SSSR count). The molecule has 2 aromatic carbocycles. The van der Waals surface area contributed by atoms with E-state index in [9.17, 15) is 61.7 Å². The lowest BCUT2D eigenvalue weighted by molar-refractivity contribution is -0.172. The summed E-state index contributed by atoms with van der Waals surface area (Å²) in [6.45, 7) is 16.2. The highest BCUT2D eigenvalue weighted by atomic mass is 19.1. The molecule has 2 amide bonds. The minimum atomic E-state index is -1.94. The van der Waals surface area contributed by atoms with Crippen molar-refractivity contribution in [2.24, 2.45) is 23.5 Å². The minimum Gasteiger partial charge on any atom is -0.458 e. The van der Waals surface area contributed by atoms with Crippen LogP contribution in [-0.2, 0) is 98.1 Å². The molecule has 92 heavy (non-hydrogen) atoms. The fourth-order valence-electron chi connectivity index (χ4n) is 12.1. The highest BCUT2D eigenvalue weighted by Gasteiger charge is 2.47. The summed E-state index contributed by atoms with van der Waals surface area (Å²) >= 11 is 0. The fraction of sp³-hybridized carbons (Fsp3) is 0.500. The van der Waals surface area contributed by atoms with Crippen molar-refractivity contribution in [2.75, 3.05) is 33.8 Å². The Hall–Kier alpha value is -8.03. The Kier molecular flexibility index (Phi) is 21.8. The number of Topliss-reactive ketones (excluding diaryl/α,β-unsaturated/α-hetero) is 2. The monoisotopic (exact) mass is 1280 g/mol. The lowest BCUT2D eigenvalue weighted by Gasteiger charge is -2.31. The zero-order valence-corrected chi connectivity index (χ0v) is 53.5. The van der Waals surface area contributed by atoms with Crippen molar-refractivity contribution >= 4 is 57.1 Å². The van der Waals surface area contributed by atoms with Crippen molar-refractivity contribution in [3.63, 3.8) is 0 Å². The number of ether oxygens (including phenoxy) is 4. The van der Waals surface area contributed by atoms with Crippen LogP contribution in [0, 0.1) is 43.2 Å². The molecule has 5 atom stereocenters. The Morgan fingerprint density at radius 1 is 0.652 bits per heavy atom. The SMILES string of the molecule is CC[C@@]1(O)C(=O)OCc2c1cc1n(c2=O)Cc2c-1nc1cc(F)c(C)cc1c2CCCCOCNC(=O)[C@H](C)CC(=O)C(C)C.CC[C@@]1(O)C(=O)OCc2c1cc1n(c2=O)Cc2c-1nc1cc(F)c(C)cc1c2CCCCOCNC(=O)[C@H](C)CC(=O)[C@H](C)N.[2H]CF. The number of pyridine rings is 4. The van der Waals surface area contributed by atoms with Crippen LogP contribution in [0.15, 0.2) is 46.0 Å². The summed E-state index contributed by atoms with van der Waals surface area (Å²) in [4.78, 5) is 110. The van der Waals surface area contributed by atoms with Crippen molar-refractivity contribution < 1.29 is 72.5 Å². The van der Waals surface area contributed by atoms with Gasteiger partial charge in [-0.2, -0.15) is 0 Å². The molecule has 0 unspecified atom stereocenters. The van der Waals surface area contributed by atoms with Gasteiger partial charge in [0.05, 0.1) is 72.6 Å². The lowest BCUT2D eigenvalue weighted by Crippen LogP contribution is -2.44. The summed E-state index contributed by atoms with van der Waals surface area (Å²) in [6, 6.07) is 9.03. The first-order valence-electron chi connectivity index (χ1n) is 31.8. The van der Waals surface area contributed by atoms with Crippen LogP contribution < -0.4 is 27.5 Å². The van der Waals surface area contributed by atoms with E-state index in [2.05, 4.69) is 10.6 Å². The number of rotatable bonds is 24. The standard InChI is InChI=1S/C34H40FN3O7.C33H39FN4O7.CH3F/c1-6-34(43)25-13-28-30-23(15-38(28)32(41)24(25)16-45-33(34)42)21(22-11-19(4)26(35)14-27(22)37-30)9-7-8-10-44-17-36-31(40)20(5)12-29(39)18(2)3;1-5-33(43)24-12-27-29-22(14-38(27)31(41)23(24)15-45-32(33)42)20(21-10-17(2)25(34)13-26(21)37-29)8-6-7-9-44-16-36-30(40)18(3)11-28(39)19(4)35;1-2/h11,13-14,18,20,43H,6-10,12,15-17H2,1-5H3,(H,36,40);10,12-13,18-19,43H,5-9,11,14-16,35H2,1-4H3,(H,36,40);1H3/t20-,34+;18-,19+,33+;/m11./s1/i;;1D. The molecule has 0 spiro atoms. The maximum atomic E-state index is 14.7. The van der Waals surface area contributed by atoms with Gasteiger partial charge in [-0.15, -0.1) is 0 Å². The van der Waals surface area contributed by atoms with Gasteiger partial charge in [0.25, 0.3) is 11.1 Å². The number of cyclic esters (lactones) is 2. The van der Waals surface area contributed by atoms with Crippen LogP contribution in [0.4, 0.5) is 13.2 Å². The second kappa shape index (κ2) is 29.3. The van der Waals surface area contributed by atoms with Gasteiger partial charge in [-0.3, -0.25) is 33.2 Å². The number of nitrogens with two attached hydrogens (primary N) is 1. The van der Waals surface area contributed by atoms with E-state index in [1.165, 1.54) is 12.1 Å². The van der Waals surface area contributed by atoms with Crippen LogP contribution in [0.2, 0.25) is 0 Å². The number of alkyl halides is 1. The molecule has 4 aliphatic rings. The Morgan fingerprint density at radius 2 is 1.04 bits per heavy atom. The highest BCUT2D eigenvalue weighted by Crippen LogP contribution is 2.43. The van der Waals surface area contributed by atoms with Crippen LogP contribution in [-0.4, -0.2) is 105 Å². The second-order valence-corrected chi connectivity index (χ2v) is 24.5. The number of halogens is 3. The number of nitrogens with zero attached hydrogens (tertiary/aromatic N) is 4. The third kappa shape index (κ3) is 14.0. The lowest BCUT2D eigenvalue weighted by atomic mass is 9.86. The summed E-state index contributed by atoms with van der Waals surface area (Å²) < 4.78 is 69.6. The number of unbranched alkanes of at least 4 members (excludes halogenated alkanes) is 2. The Bertz CT molecular complexity index is 3790. The summed E-state index contributed by atoms with van der Waals surface area (Å²) in [6.07, 6.45) is 4.32. The van der Waals surface area contributed by atoms with Crippen LogP contribution in [0.5, 0.6) is 0 Å². The smallest absolute Gasteiger partial charge is 0.343 e. The number of hydrogen-bond donors (Lipinski definition) is 5. The molecular weight excluding hydrogens is 1200 g/mol. The van der Waals surface area contributed by atoms with Gasteiger partial charge in [0.15, 0.2) is 11.2 Å². The van der Waals surface area contributed by atoms with E-state index in [1.54, 1.807) is 81.9 Å². The molecule has 0 aliphatic carbocycles. The predicted molar refractivity (Wildman–Crippen MR) is 335 cm³/mol. The van der Waals surface area contributed by atoms with Crippen molar-refractivity contribution in [1.29, 1.82) is 0 Å². The molecule has 0 saturated heterocycles. The van der Waals surface area contributed by atoms with E-state index in [0.29, 0.717) is 90.3 Å². The van der Waals surface area contributed by atoms with Gasteiger partial charge in [0, 0.05) is 89.0 Å². The van der Waals surface area contributed by atoms with Gasteiger partial charge in [0.2, 0.25) is 11.8 Å². The van der Waals surface area contributed by atoms with Crippen LogP contribution >= 0.6 is 0 Å². The van der Waals surface area contributed by atoms with Crippen LogP contribution in [0.3, 0.4) is 0 Å². The van der Waals surface area contributed by atoms with Gasteiger partial charge in [-0.05, 0) is 119 Å². The summed E-state index contributed by atoms with van der Waals surface area (Å²) in [5, 5.41) is 29.3. The van der Waals surface area contributed by atoms with E-state index < -0.39 is 54.0 Å². The zero-order valence-electron chi connectivity index (χ0n) is 54.5. The largest absolute Gasteiger partial charge is 0.458 e. The number of amides is 2. The Balaban J connectivity index is 0.000000229. The third-order valence-corrected chi connectivity index (χ3v) is 17.9. The highest BCUT2D eigenvalue weighted by molar-refractivity contribution is 5.92. The number of hydrogen-bond acceptors (Lipinski definition) is 17. The number of aliphatic hydroxyl groups is 2. The van der Waals surface area contributed by atoms with Crippen molar-refractivity contribution in [1.82, 2.24) is 29.7 Å². The first-order chi connectivity index (χ1) is 44.1. The molecule has 0 bridgehead atoms. The molecule has 0 saturated carbocycles. The van der Waals surface area contributed by atoms with E-state index in [4.69, 9.17) is 36.0 Å². The second-order valence-electron chi connectivity index (χ2n) is 24.5. The number of fused-ring (bicyclic) bond motifs is 10. The first kappa shape index (κ1) is 68.3. The minimum absolute atomic E-state index is 0.0147. The van der Waals surface area contributed by atoms with Gasteiger partial charge in [-0.25, -0.2) is 28.3 Å². The third-order valence-electron chi connectivity index (χ3n) is 17.9. The van der Waals surface area contributed by atoms with E-state index >= 15 is 0 Å². The molecular formula is C68H82F3N7O14. The maximum Gasteiger partial charge on any atom is 0.343 e. The van der Waals surface area contributed by atoms with Crippen LogP contribution in [0.25, 0.3) is 44.6 Å². The maximum absolute atomic E-state index is 14.7. The van der Waals surface area contributed by atoms with Crippen LogP contribution in [0.1, 0.15) is 157 Å². The topological polar surface area (TPSA) is 300 Å². The molecule has 6 aromatic rings. The summed E-state index contributed by atoms with van der Waals surface area (Å²) in [5.74, 6) is -4.04. The number of aryl methyl sites for hydroxylation is 4. The average Bonchev–Trinajstić information content (AvgIpc) is 1.64. The van der Waals surface area contributed by atoms with Crippen molar-refractivity contribution in [2.45, 2.75) is 170 Å². The molecule has 24 heteroatoms. The number of carbonyl (C=O) groups excluding carboxylic acids is 6. The molecule has 0 radical (unpaired) electrons. The van der Waals surface area contributed by atoms with E-state index in [0.717, 1.165) is 39.4 Å². The molecule has 494 valence electrons. The molecule has 4 aliphatic heterocycles. The van der Waals surface area contributed by atoms with Gasteiger partial charge < -0.3 is 54.7 Å².